The number of rotatable bonds is 3. The predicted octanol–water partition coefficient (Wildman–Crippen LogP) is 2.11. The van der Waals surface area contributed by atoms with Gasteiger partial charge in [0.25, 0.3) is 0 Å². The number of hydrogen-bond acceptors (Lipinski definition) is 5. The molecule has 0 aromatic carbocycles. The molecule has 2 heterocycles. The van der Waals surface area contributed by atoms with Crippen molar-refractivity contribution < 1.29 is 4.74 Å². The highest BCUT2D eigenvalue weighted by atomic mass is 32.1. The molecule has 0 bridgehead atoms. The van der Waals surface area contributed by atoms with Gasteiger partial charge >= 0.3 is 0 Å². The molecule has 1 atom stereocenters. The molecule has 2 rings (SSSR count). The van der Waals surface area contributed by atoms with Crippen LogP contribution in [0.5, 0.6) is 5.75 Å². The number of hydrogen-bond donors (Lipinski definition) is 1. The molecule has 1 aliphatic rings. The van der Waals surface area contributed by atoms with Crippen LogP contribution in [0.25, 0.3) is 0 Å². The Balaban J connectivity index is 2.26. The Bertz CT molecular complexity index is 339. The fraction of sp³-hybridized carbons (Fsp3) is 0.700. The summed E-state index contributed by atoms with van der Waals surface area (Å²) in [4.78, 5) is 2.35. The normalized spacial score (nSPS) is 20.9. The van der Waals surface area contributed by atoms with E-state index in [-0.39, 0.29) is 0 Å². The molecule has 1 saturated heterocycles. The van der Waals surface area contributed by atoms with Crippen LogP contribution >= 0.6 is 11.5 Å². The Morgan fingerprint density at radius 2 is 2.47 bits per heavy atom. The van der Waals surface area contributed by atoms with Gasteiger partial charge in [-0.3, -0.25) is 0 Å². The second kappa shape index (κ2) is 4.26. The molecule has 84 valence electrons. The molecular weight excluding hydrogens is 210 g/mol. The van der Waals surface area contributed by atoms with E-state index in [9.17, 15) is 0 Å². The maximum absolute atomic E-state index is 5.79. The van der Waals surface area contributed by atoms with Crippen molar-refractivity contribution in [1.29, 1.82) is 0 Å². The summed E-state index contributed by atoms with van der Waals surface area (Å²) in [5.74, 6) is 1.30. The number of nitrogen functional groups attached to an aromatic ring is 1. The highest BCUT2D eigenvalue weighted by Crippen LogP contribution is 2.41. The lowest BCUT2D eigenvalue weighted by molar-refractivity contribution is 0.343. The van der Waals surface area contributed by atoms with E-state index in [4.69, 9.17) is 10.5 Å². The van der Waals surface area contributed by atoms with Gasteiger partial charge in [0, 0.05) is 12.6 Å². The van der Waals surface area contributed by atoms with Gasteiger partial charge < -0.3 is 15.4 Å². The van der Waals surface area contributed by atoms with E-state index in [1.165, 1.54) is 24.4 Å². The molecule has 1 unspecified atom stereocenters. The molecule has 1 aliphatic heterocycles. The van der Waals surface area contributed by atoms with Crippen LogP contribution in [-0.4, -0.2) is 23.6 Å². The van der Waals surface area contributed by atoms with Crippen molar-refractivity contribution >= 4 is 22.4 Å². The molecule has 4 nitrogen and oxygen atoms in total. The SMILES string of the molecule is CCOc1c(N)nsc1N1CCCC1C. The summed E-state index contributed by atoms with van der Waals surface area (Å²) in [5, 5.41) is 1.10. The lowest BCUT2D eigenvalue weighted by atomic mass is 10.2. The molecule has 2 N–H and O–H groups in total. The molecule has 5 heteroatoms. The van der Waals surface area contributed by atoms with Crippen molar-refractivity contribution in [3.05, 3.63) is 0 Å². The van der Waals surface area contributed by atoms with Crippen LogP contribution in [0, 0.1) is 0 Å². The predicted molar refractivity (Wildman–Crippen MR) is 63.7 cm³/mol. The molecule has 1 aromatic heterocycles. The summed E-state index contributed by atoms with van der Waals surface area (Å²) in [6, 6.07) is 0.573. The van der Waals surface area contributed by atoms with Crippen LogP contribution in [-0.2, 0) is 0 Å². The number of aromatic nitrogens is 1. The summed E-state index contributed by atoms with van der Waals surface area (Å²) in [5.41, 5.74) is 5.79. The minimum atomic E-state index is 0.524. The van der Waals surface area contributed by atoms with Crippen molar-refractivity contribution in [1.82, 2.24) is 4.37 Å². The second-order valence-electron chi connectivity index (χ2n) is 3.82. The molecule has 1 fully saturated rings. The van der Waals surface area contributed by atoms with Gasteiger partial charge in [-0.2, -0.15) is 4.37 Å². The molecule has 0 amide bonds. The topological polar surface area (TPSA) is 51.4 Å². The summed E-state index contributed by atoms with van der Waals surface area (Å²) in [6.07, 6.45) is 2.48. The average molecular weight is 227 g/mol. The Morgan fingerprint density at radius 3 is 3.07 bits per heavy atom. The van der Waals surface area contributed by atoms with Gasteiger partial charge in [0.1, 0.15) is 0 Å². The highest BCUT2D eigenvalue weighted by molar-refractivity contribution is 7.11. The van der Waals surface area contributed by atoms with E-state index in [1.54, 1.807) is 0 Å². The smallest absolute Gasteiger partial charge is 0.197 e. The Labute approximate surface area is 94.2 Å². The van der Waals surface area contributed by atoms with Gasteiger partial charge in [0.2, 0.25) is 0 Å². The van der Waals surface area contributed by atoms with Crippen LogP contribution in [0.1, 0.15) is 26.7 Å². The number of anilines is 2. The van der Waals surface area contributed by atoms with Gasteiger partial charge in [0.05, 0.1) is 6.61 Å². The first-order valence-electron chi connectivity index (χ1n) is 5.38. The van der Waals surface area contributed by atoms with E-state index in [0.29, 0.717) is 18.5 Å². The Morgan fingerprint density at radius 1 is 1.67 bits per heavy atom. The Kier molecular flexibility index (Phi) is 3.00. The van der Waals surface area contributed by atoms with E-state index < -0.39 is 0 Å². The van der Waals surface area contributed by atoms with Crippen molar-refractivity contribution in [2.45, 2.75) is 32.7 Å². The maximum atomic E-state index is 5.79. The van der Waals surface area contributed by atoms with E-state index in [2.05, 4.69) is 16.2 Å². The lowest BCUT2D eigenvalue weighted by Gasteiger charge is -2.22. The first kappa shape index (κ1) is 10.5. The van der Waals surface area contributed by atoms with Crippen LogP contribution in [0.2, 0.25) is 0 Å². The molecule has 0 radical (unpaired) electrons. The number of nitrogens with two attached hydrogens (primary N) is 1. The first-order valence-corrected chi connectivity index (χ1v) is 6.16. The zero-order valence-corrected chi connectivity index (χ0v) is 10.0. The minimum absolute atomic E-state index is 0.524. The number of ether oxygens (including phenoxy) is 1. The van der Waals surface area contributed by atoms with Crippen LogP contribution in [0.4, 0.5) is 10.8 Å². The third-order valence-corrected chi connectivity index (χ3v) is 3.64. The third-order valence-electron chi connectivity index (χ3n) is 2.76. The fourth-order valence-corrected chi connectivity index (χ4v) is 2.87. The van der Waals surface area contributed by atoms with Crippen LogP contribution < -0.4 is 15.4 Å². The quantitative estimate of drug-likeness (QED) is 0.859. The van der Waals surface area contributed by atoms with Gasteiger partial charge in [-0.05, 0) is 38.2 Å². The third kappa shape index (κ3) is 1.88. The summed E-state index contributed by atoms with van der Waals surface area (Å²) >= 11 is 1.44. The van der Waals surface area contributed by atoms with Crippen molar-refractivity contribution in [3.63, 3.8) is 0 Å². The zero-order valence-electron chi connectivity index (χ0n) is 9.19. The average Bonchev–Trinajstić information content (AvgIpc) is 2.76. The van der Waals surface area contributed by atoms with Crippen molar-refractivity contribution in [2.24, 2.45) is 0 Å². The zero-order chi connectivity index (χ0) is 10.8. The first-order chi connectivity index (χ1) is 7.24. The van der Waals surface area contributed by atoms with E-state index >= 15 is 0 Å². The fourth-order valence-electron chi connectivity index (χ4n) is 1.98. The minimum Gasteiger partial charge on any atom is -0.487 e. The van der Waals surface area contributed by atoms with E-state index in [1.807, 2.05) is 6.92 Å². The molecule has 0 saturated carbocycles. The van der Waals surface area contributed by atoms with Crippen molar-refractivity contribution in [3.8, 4) is 5.75 Å². The standard InChI is InChI=1S/C10H17N3OS/c1-3-14-8-9(11)12-15-10(8)13-6-4-5-7(13)2/h7H,3-6H2,1-2H3,(H2,11,12). The van der Waals surface area contributed by atoms with Gasteiger partial charge in [-0.1, -0.05) is 0 Å². The Hall–Kier alpha value is -0.970. The summed E-state index contributed by atoms with van der Waals surface area (Å²) < 4.78 is 9.72. The highest BCUT2D eigenvalue weighted by Gasteiger charge is 2.26. The second-order valence-corrected chi connectivity index (χ2v) is 4.57. The molecular formula is C10H17N3OS. The van der Waals surface area contributed by atoms with Crippen LogP contribution in [0.15, 0.2) is 0 Å². The summed E-state index contributed by atoms with van der Waals surface area (Å²) in [7, 11) is 0. The maximum Gasteiger partial charge on any atom is 0.197 e. The molecule has 0 aliphatic carbocycles. The monoisotopic (exact) mass is 227 g/mol. The largest absolute Gasteiger partial charge is 0.487 e. The molecule has 0 spiro atoms. The van der Waals surface area contributed by atoms with Crippen LogP contribution in [0.3, 0.4) is 0 Å². The number of nitrogens with zero attached hydrogens (tertiary/aromatic N) is 2. The lowest BCUT2D eigenvalue weighted by Crippen LogP contribution is -2.25. The van der Waals surface area contributed by atoms with Gasteiger partial charge in [-0.25, -0.2) is 0 Å². The van der Waals surface area contributed by atoms with Gasteiger partial charge in [0.15, 0.2) is 16.6 Å². The molecule has 15 heavy (non-hydrogen) atoms. The summed E-state index contributed by atoms with van der Waals surface area (Å²) in [6.45, 7) is 5.92. The van der Waals surface area contributed by atoms with Crippen molar-refractivity contribution in [2.75, 3.05) is 23.8 Å². The van der Waals surface area contributed by atoms with Gasteiger partial charge in [-0.15, -0.1) is 0 Å². The van der Waals surface area contributed by atoms with E-state index in [0.717, 1.165) is 17.3 Å². The molecule has 1 aromatic rings.